The monoisotopic (exact) mass is 379 g/mol. The van der Waals surface area contributed by atoms with E-state index in [4.69, 9.17) is 0 Å². The zero-order valence-corrected chi connectivity index (χ0v) is 14.4. The number of amides is 1. The number of fused-ring (bicyclic) bond motifs is 1. The van der Waals surface area contributed by atoms with Crippen LogP contribution < -0.4 is 10.7 Å². The number of aryl methyl sites for hydroxylation is 2. The molecule has 0 saturated heterocycles. The van der Waals surface area contributed by atoms with E-state index in [2.05, 4.69) is 15.6 Å². The van der Waals surface area contributed by atoms with Gasteiger partial charge in [0, 0.05) is 32.0 Å². The first kappa shape index (κ1) is 18.6. The Balaban J connectivity index is 1.87. The zero-order valence-electron chi connectivity index (χ0n) is 14.4. The fourth-order valence-electron chi connectivity index (χ4n) is 2.76. The second-order valence-corrected chi connectivity index (χ2v) is 5.82. The van der Waals surface area contributed by atoms with Gasteiger partial charge in [0.05, 0.1) is 17.1 Å². The van der Waals surface area contributed by atoms with Crippen molar-refractivity contribution >= 4 is 16.8 Å². The summed E-state index contributed by atoms with van der Waals surface area (Å²) in [6, 6.07) is 0.615. The van der Waals surface area contributed by atoms with Crippen molar-refractivity contribution in [1.29, 1.82) is 0 Å². The van der Waals surface area contributed by atoms with Crippen molar-refractivity contribution in [3.63, 3.8) is 0 Å². The fraction of sp³-hybridized carbons (Fsp3) is 0.294. The third-order valence-electron chi connectivity index (χ3n) is 4.10. The maximum absolute atomic E-state index is 14.1. The first-order valence-corrected chi connectivity index (χ1v) is 8.27. The molecule has 0 fully saturated rings. The maximum Gasteiger partial charge on any atom is 0.256 e. The van der Waals surface area contributed by atoms with Gasteiger partial charge in [0.25, 0.3) is 5.91 Å². The summed E-state index contributed by atoms with van der Waals surface area (Å²) in [5.74, 6) is -5.27. The van der Waals surface area contributed by atoms with Crippen molar-refractivity contribution in [3.05, 3.63) is 57.9 Å². The van der Waals surface area contributed by atoms with Gasteiger partial charge in [0.1, 0.15) is 5.56 Å². The van der Waals surface area contributed by atoms with Crippen molar-refractivity contribution in [2.24, 2.45) is 0 Å². The molecule has 7 nitrogen and oxygen atoms in total. The number of carbonyl (C=O) groups excluding carboxylic acids is 1. The zero-order chi connectivity index (χ0) is 19.6. The smallest absolute Gasteiger partial charge is 0.256 e. The van der Waals surface area contributed by atoms with Gasteiger partial charge in [-0.2, -0.15) is 0 Å². The molecule has 3 rings (SSSR count). The Kier molecular flexibility index (Phi) is 5.24. The number of carbonyl (C=O) groups is 1. The third kappa shape index (κ3) is 3.55. The summed E-state index contributed by atoms with van der Waals surface area (Å²) in [6.45, 7) is 2.57. The summed E-state index contributed by atoms with van der Waals surface area (Å²) in [7, 11) is 0. The van der Waals surface area contributed by atoms with Crippen LogP contribution in [-0.4, -0.2) is 32.0 Å². The van der Waals surface area contributed by atoms with Gasteiger partial charge in [-0.05, 0) is 19.4 Å². The molecule has 10 heteroatoms. The minimum atomic E-state index is -1.66. The Labute approximate surface area is 151 Å². The molecule has 0 unspecified atom stereocenters. The second-order valence-electron chi connectivity index (χ2n) is 5.82. The third-order valence-corrected chi connectivity index (χ3v) is 4.10. The first-order valence-electron chi connectivity index (χ1n) is 8.27. The lowest BCUT2D eigenvalue weighted by atomic mass is 10.1. The number of hydrogen-bond donors (Lipinski definition) is 1. The molecule has 1 aromatic carbocycles. The number of benzene rings is 1. The summed E-state index contributed by atoms with van der Waals surface area (Å²) in [4.78, 5) is 24.9. The number of halogens is 3. The maximum atomic E-state index is 14.1. The SMILES string of the molecule is CCn1cc(C(=O)NCCCn2ccnn2)c(=O)c2cc(F)c(F)c(F)c21. The molecule has 142 valence electrons. The van der Waals surface area contributed by atoms with E-state index in [1.54, 1.807) is 17.8 Å². The van der Waals surface area contributed by atoms with Crippen LogP contribution in [0.25, 0.3) is 10.9 Å². The molecule has 0 spiro atoms. The highest BCUT2D eigenvalue weighted by molar-refractivity contribution is 5.97. The van der Waals surface area contributed by atoms with E-state index in [1.165, 1.54) is 10.8 Å². The van der Waals surface area contributed by atoms with E-state index in [9.17, 15) is 22.8 Å². The molecule has 1 N–H and O–H groups in total. The first-order chi connectivity index (χ1) is 12.9. The van der Waals surface area contributed by atoms with Crippen molar-refractivity contribution < 1.29 is 18.0 Å². The lowest BCUT2D eigenvalue weighted by molar-refractivity contribution is 0.0951. The van der Waals surface area contributed by atoms with Gasteiger partial charge in [-0.15, -0.1) is 5.10 Å². The Morgan fingerprint density at radius 2 is 2.04 bits per heavy atom. The topological polar surface area (TPSA) is 81.8 Å². The fourth-order valence-corrected chi connectivity index (χ4v) is 2.76. The molecule has 2 heterocycles. The number of nitrogens with zero attached hydrogens (tertiary/aromatic N) is 4. The summed E-state index contributed by atoms with van der Waals surface area (Å²) < 4.78 is 44.0. The Morgan fingerprint density at radius 3 is 2.70 bits per heavy atom. The van der Waals surface area contributed by atoms with Crippen molar-refractivity contribution in [3.8, 4) is 0 Å². The van der Waals surface area contributed by atoms with Gasteiger partial charge in [-0.3, -0.25) is 14.3 Å². The van der Waals surface area contributed by atoms with Crippen LogP contribution in [0.4, 0.5) is 13.2 Å². The van der Waals surface area contributed by atoms with E-state index < -0.39 is 28.8 Å². The van der Waals surface area contributed by atoms with E-state index >= 15 is 0 Å². The predicted octanol–water partition coefficient (Wildman–Crippen LogP) is 1.85. The molecule has 27 heavy (non-hydrogen) atoms. The lowest BCUT2D eigenvalue weighted by Gasteiger charge is -2.13. The van der Waals surface area contributed by atoms with Crippen molar-refractivity contribution in [2.45, 2.75) is 26.4 Å². The molecule has 0 bridgehead atoms. The minimum Gasteiger partial charge on any atom is -0.352 e. The Hall–Kier alpha value is -3.17. The molecule has 0 atom stereocenters. The average Bonchev–Trinajstić information content (AvgIpc) is 3.17. The van der Waals surface area contributed by atoms with Crippen LogP contribution >= 0.6 is 0 Å². The molecule has 0 saturated carbocycles. The Bertz CT molecular complexity index is 1050. The molecule has 0 aliphatic heterocycles. The van der Waals surface area contributed by atoms with Crippen LogP contribution in [0.15, 0.2) is 29.5 Å². The van der Waals surface area contributed by atoms with Crippen molar-refractivity contribution in [2.75, 3.05) is 6.54 Å². The summed E-state index contributed by atoms with van der Waals surface area (Å²) >= 11 is 0. The van der Waals surface area contributed by atoms with Crippen LogP contribution in [0, 0.1) is 17.5 Å². The highest BCUT2D eigenvalue weighted by Crippen LogP contribution is 2.21. The van der Waals surface area contributed by atoms with E-state index in [0.717, 1.165) is 6.20 Å². The molecule has 0 aliphatic carbocycles. The van der Waals surface area contributed by atoms with Crippen LogP contribution in [0.2, 0.25) is 0 Å². The van der Waals surface area contributed by atoms with Gasteiger partial charge >= 0.3 is 0 Å². The van der Waals surface area contributed by atoms with Crippen LogP contribution in [0.3, 0.4) is 0 Å². The molecular weight excluding hydrogens is 363 g/mol. The quantitative estimate of drug-likeness (QED) is 0.524. The predicted molar refractivity (Wildman–Crippen MR) is 90.7 cm³/mol. The largest absolute Gasteiger partial charge is 0.352 e. The van der Waals surface area contributed by atoms with Crippen LogP contribution in [-0.2, 0) is 13.1 Å². The molecule has 0 radical (unpaired) electrons. The second kappa shape index (κ2) is 7.60. The Morgan fingerprint density at radius 1 is 1.26 bits per heavy atom. The molecule has 0 aliphatic rings. The number of rotatable bonds is 6. The van der Waals surface area contributed by atoms with Gasteiger partial charge < -0.3 is 9.88 Å². The average molecular weight is 379 g/mol. The van der Waals surface area contributed by atoms with Gasteiger partial charge in [0.15, 0.2) is 17.5 Å². The summed E-state index contributed by atoms with van der Waals surface area (Å²) in [5, 5.41) is 9.64. The minimum absolute atomic E-state index is 0.158. The summed E-state index contributed by atoms with van der Waals surface area (Å²) in [5.41, 5.74) is -1.50. The van der Waals surface area contributed by atoms with E-state index in [1.807, 2.05) is 0 Å². The van der Waals surface area contributed by atoms with Crippen LogP contribution in [0.1, 0.15) is 23.7 Å². The van der Waals surface area contributed by atoms with Gasteiger partial charge in [-0.25, -0.2) is 13.2 Å². The van der Waals surface area contributed by atoms with E-state index in [0.29, 0.717) is 19.0 Å². The number of hydrogen-bond acceptors (Lipinski definition) is 4. The standard InChI is InChI=1S/C17H16F3N5O2/c1-2-24-9-11(17(27)21-4-3-6-25-7-5-22-23-25)16(26)10-8-12(18)13(19)14(20)15(10)24/h5,7-9H,2-4,6H2,1H3,(H,21,27). The summed E-state index contributed by atoms with van der Waals surface area (Å²) in [6.07, 6.45) is 4.90. The normalized spacial score (nSPS) is 11.1. The van der Waals surface area contributed by atoms with E-state index in [-0.39, 0.29) is 29.6 Å². The van der Waals surface area contributed by atoms with Gasteiger partial charge in [0.2, 0.25) is 5.43 Å². The van der Waals surface area contributed by atoms with Crippen molar-refractivity contribution in [1.82, 2.24) is 24.9 Å². The van der Waals surface area contributed by atoms with Crippen LogP contribution in [0.5, 0.6) is 0 Å². The molecule has 1 amide bonds. The highest BCUT2D eigenvalue weighted by atomic mass is 19.2. The van der Waals surface area contributed by atoms with Gasteiger partial charge in [-0.1, -0.05) is 5.21 Å². The highest BCUT2D eigenvalue weighted by Gasteiger charge is 2.21. The number of pyridine rings is 1. The molecule has 2 aromatic heterocycles. The molecule has 3 aromatic rings. The number of aromatic nitrogens is 4. The molecular formula is C17H16F3N5O2. The lowest BCUT2D eigenvalue weighted by Crippen LogP contribution is -2.31. The number of nitrogens with one attached hydrogen (secondary N) is 1.